The van der Waals surface area contributed by atoms with E-state index in [0.29, 0.717) is 17.9 Å². The van der Waals surface area contributed by atoms with Crippen LogP contribution >= 0.6 is 0 Å². The van der Waals surface area contributed by atoms with Crippen molar-refractivity contribution in [3.05, 3.63) is 0 Å². The molecule has 2 aliphatic heterocycles. The number of hydrogen-bond donors (Lipinski definition) is 1. The summed E-state index contributed by atoms with van der Waals surface area (Å²) in [6.07, 6.45) is 3.97. The third-order valence-corrected chi connectivity index (χ3v) is 5.95. The second kappa shape index (κ2) is 7.58. The van der Waals surface area contributed by atoms with Crippen molar-refractivity contribution in [1.29, 1.82) is 0 Å². The van der Waals surface area contributed by atoms with Crippen LogP contribution in [0.15, 0.2) is 0 Å². The standard InChI is InChI=1S/C13H25NO3S/c1-2-6-14-12-5-9-17-10-13(12)18(15)11-3-7-16-8-4-11/h11-14H,2-10H2,1H3. The molecule has 0 aromatic heterocycles. The average Bonchev–Trinajstić information content (AvgIpc) is 2.45. The summed E-state index contributed by atoms with van der Waals surface area (Å²) in [5.41, 5.74) is 0. The molecule has 18 heavy (non-hydrogen) atoms. The fraction of sp³-hybridized carbons (Fsp3) is 1.00. The Bertz CT molecular complexity index is 269. The minimum absolute atomic E-state index is 0.161. The van der Waals surface area contributed by atoms with Gasteiger partial charge in [0.1, 0.15) is 0 Å². The maximum absolute atomic E-state index is 12.7. The number of hydrogen-bond acceptors (Lipinski definition) is 4. The summed E-state index contributed by atoms with van der Waals surface area (Å²) in [5, 5.41) is 4.00. The predicted molar refractivity (Wildman–Crippen MR) is 73.3 cm³/mol. The molecule has 2 heterocycles. The van der Waals surface area contributed by atoms with Gasteiger partial charge < -0.3 is 14.8 Å². The molecule has 0 aliphatic carbocycles. The lowest BCUT2D eigenvalue weighted by Gasteiger charge is -2.35. The Labute approximate surface area is 112 Å². The normalized spacial score (nSPS) is 32.3. The molecule has 0 radical (unpaired) electrons. The molecule has 2 aliphatic rings. The van der Waals surface area contributed by atoms with E-state index in [2.05, 4.69) is 12.2 Å². The van der Waals surface area contributed by atoms with Crippen molar-refractivity contribution in [2.45, 2.75) is 49.1 Å². The first-order chi connectivity index (χ1) is 8.83. The Morgan fingerprint density at radius 3 is 2.61 bits per heavy atom. The average molecular weight is 275 g/mol. The van der Waals surface area contributed by atoms with Crippen LogP contribution in [0.1, 0.15) is 32.6 Å². The zero-order valence-corrected chi connectivity index (χ0v) is 12.0. The van der Waals surface area contributed by atoms with Gasteiger partial charge in [0.25, 0.3) is 0 Å². The molecule has 3 unspecified atom stereocenters. The molecule has 0 aromatic carbocycles. The maximum atomic E-state index is 12.7. The number of nitrogens with one attached hydrogen (secondary N) is 1. The van der Waals surface area contributed by atoms with Gasteiger partial charge in [-0.2, -0.15) is 0 Å². The molecule has 1 N–H and O–H groups in total. The maximum Gasteiger partial charge on any atom is 0.0738 e. The molecule has 0 amide bonds. The van der Waals surface area contributed by atoms with Crippen molar-refractivity contribution in [3.8, 4) is 0 Å². The highest BCUT2D eigenvalue weighted by Crippen LogP contribution is 2.22. The fourth-order valence-corrected chi connectivity index (χ4v) is 4.60. The Morgan fingerprint density at radius 2 is 1.89 bits per heavy atom. The summed E-state index contributed by atoms with van der Waals surface area (Å²) in [4.78, 5) is 0. The van der Waals surface area contributed by atoms with Gasteiger partial charge in [0.2, 0.25) is 0 Å². The van der Waals surface area contributed by atoms with Crippen molar-refractivity contribution >= 4 is 10.8 Å². The molecule has 0 spiro atoms. The van der Waals surface area contributed by atoms with E-state index in [0.717, 1.165) is 52.0 Å². The molecule has 0 aromatic rings. The highest BCUT2D eigenvalue weighted by atomic mass is 32.2. The lowest BCUT2D eigenvalue weighted by atomic mass is 10.1. The van der Waals surface area contributed by atoms with Crippen molar-refractivity contribution in [2.75, 3.05) is 33.0 Å². The lowest BCUT2D eigenvalue weighted by molar-refractivity contribution is 0.0795. The van der Waals surface area contributed by atoms with Gasteiger partial charge in [0.15, 0.2) is 0 Å². The highest BCUT2D eigenvalue weighted by Gasteiger charge is 2.34. The Hall–Kier alpha value is 0.0300. The second-order valence-corrected chi connectivity index (χ2v) is 7.03. The van der Waals surface area contributed by atoms with E-state index in [1.807, 2.05) is 0 Å². The van der Waals surface area contributed by atoms with Crippen LogP contribution in [-0.2, 0) is 20.3 Å². The molecule has 2 fully saturated rings. The monoisotopic (exact) mass is 275 g/mol. The Balaban J connectivity index is 1.91. The van der Waals surface area contributed by atoms with Crippen molar-refractivity contribution < 1.29 is 13.7 Å². The summed E-state index contributed by atoms with van der Waals surface area (Å²) in [5.74, 6) is 0. The molecule has 106 valence electrons. The summed E-state index contributed by atoms with van der Waals surface area (Å²) < 4.78 is 23.5. The van der Waals surface area contributed by atoms with Gasteiger partial charge in [0, 0.05) is 41.9 Å². The summed E-state index contributed by atoms with van der Waals surface area (Å²) >= 11 is 0. The van der Waals surface area contributed by atoms with E-state index in [9.17, 15) is 4.21 Å². The van der Waals surface area contributed by atoms with Gasteiger partial charge in [-0.1, -0.05) is 6.92 Å². The molecule has 2 saturated heterocycles. The molecular weight excluding hydrogens is 250 g/mol. The van der Waals surface area contributed by atoms with E-state index < -0.39 is 10.8 Å². The zero-order valence-electron chi connectivity index (χ0n) is 11.2. The summed E-state index contributed by atoms with van der Waals surface area (Å²) in [6, 6.07) is 0.363. The van der Waals surface area contributed by atoms with Gasteiger partial charge in [-0.15, -0.1) is 0 Å². The van der Waals surface area contributed by atoms with Crippen molar-refractivity contribution in [1.82, 2.24) is 5.32 Å². The second-order valence-electron chi connectivity index (χ2n) is 5.10. The molecule has 0 bridgehead atoms. The minimum atomic E-state index is -0.794. The first-order valence-corrected chi connectivity index (χ1v) is 8.38. The van der Waals surface area contributed by atoms with Gasteiger partial charge in [-0.3, -0.25) is 4.21 Å². The smallest absolute Gasteiger partial charge is 0.0738 e. The first-order valence-electron chi connectivity index (χ1n) is 7.11. The topological polar surface area (TPSA) is 47.6 Å². The largest absolute Gasteiger partial charge is 0.381 e. The Morgan fingerprint density at radius 1 is 1.17 bits per heavy atom. The van der Waals surface area contributed by atoms with Gasteiger partial charge in [0.05, 0.1) is 11.9 Å². The van der Waals surface area contributed by atoms with E-state index in [4.69, 9.17) is 9.47 Å². The van der Waals surface area contributed by atoms with Gasteiger partial charge >= 0.3 is 0 Å². The molecule has 4 nitrogen and oxygen atoms in total. The van der Waals surface area contributed by atoms with E-state index >= 15 is 0 Å². The van der Waals surface area contributed by atoms with Gasteiger partial charge in [-0.25, -0.2) is 0 Å². The minimum Gasteiger partial charge on any atom is -0.381 e. The van der Waals surface area contributed by atoms with E-state index in [-0.39, 0.29) is 5.25 Å². The van der Waals surface area contributed by atoms with Crippen LogP contribution in [0, 0.1) is 0 Å². The van der Waals surface area contributed by atoms with Crippen LogP contribution in [0.4, 0.5) is 0 Å². The molecule has 3 atom stereocenters. The van der Waals surface area contributed by atoms with Crippen molar-refractivity contribution in [3.63, 3.8) is 0 Å². The quantitative estimate of drug-likeness (QED) is 0.815. The molecule has 0 saturated carbocycles. The number of ether oxygens (including phenoxy) is 2. The van der Waals surface area contributed by atoms with Gasteiger partial charge in [-0.05, 0) is 32.2 Å². The first kappa shape index (κ1) is 14.4. The third-order valence-electron chi connectivity index (χ3n) is 3.76. The SMILES string of the molecule is CCCNC1CCOCC1S(=O)C1CCOCC1. The van der Waals surface area contributed by atoms with Crippen LogP contribution in [0.3, 0.4) is 0 Å². The van der Waals surface area contributed by atoms with Crippen molar-refractivity contribution in [2.24, 2.45) is 0 Å². The van der Waals surface area contributed by atoms with E-state index in [1.165, 1.54) is 0 Å². The molecular formula is C13H25NO3S. The predicted octanol–water partition coefficient (Wildman–Crippen LogP) is 1.07. The van der Waals surface area contributed by atoms with Crippen LogP contribution in [0.5, 0.6) is 0 Å². The third kappa shape index (κ3) is 3.76. The lowest BCUT2D eigenvalue weighted by Crippen LogP contribution is -2.51. The number of rotatable bonds is 5. The van der Waals surface area contributed by atoms with Crippen LogP contribution in [-0.4, -0.2) is 53.7 Å². The summed E-state index contributed by atoms with van der Waals surface area (Å²) in [6.45, 7) is 6.13. The fourth-order valence-electron chi connectivity index (χ4n) is 2.66. The molecule has 5 heteroatoms. The van der Waals surface area contributed by atoms with E-state index in [1.54, 1.807) is 0 Å². The molecule has 2 rings (SSSR count). The summed E-state index contributed by atoms with van der Waals surface area (Å²) in [7, 11) is -0.794. The highest BCUT2D eigenvalue weighted by molar-refractivity contribution is 7.86. The van der Waals surface area contributed by atoms with Crippen LogP contribution in [0.25, 0.3) is 0 Å². The Kier molecular flexibility index (Phi) is 6.08. The van der Waals surface area contributed by atoms with Crippen LogP contribution < -0.4 is 5.32 Å². The zero-order chi connectivity index (χ0) is 12.8. The van der Waals surface area contributed by atoms with Crippen LogP contribution in [0.2, 0.25) is 0 Å².